The van der Waals surface area contributed by atoms with Gasteiger partial charge in [-0.15, -0.1) is 0 Å². The molecule has 2 aromatic carbocycles. The molecular formula is C26H21FN4O2. The molecule has 2 amide bonds. The lowest BCUT2D eigenvalue weighted by Gasteiger charge is -2.09. The van der Waals surface area contributed by atoms with Crippen molar-refractivity contribution >= 4 is 28.3 Å². The number of fused-ring (bicyclic) bond motifs is 1. The number of aromatic nitrogens is 2. The van der Waals surface area contributed by atoms with E-state index >= 15 is 0 Å². The highest BCUT2D eigenvalue weighted by molar-refractivity contribution is 5.98. The first-order chi connectivity index (χ1) is 16.1. The third-order valence-corrected chi connectivity index (χ3v) is 5.87. The Kier molecular flexibility index (Phi) is 5.52. The molecule has 0 aliphatic heterocycles. The molecule has 164 valence electrons. The van der Waals surface area contributed by atoms with Gasteiger partial charge in [-0.2, -0.15) is 0 Å². The van der Waals surface area contributed by atoms with Crippen molar-refractivity contribution in [3.8, 4) is 0 Å². The molecule has 0 saturated heterocycles. The number of halogens is 1. The number of benzene rings is 2. The smallest absolute Gasteiger partial charge is 0.251 e. The second-order valence-electron chi connectivity index (χ2n) is 8.09. The van der Waals surface area contributed by atoms with Gasteiger partial charge < -0.3 is 10.6 Å². The molecule has 1 aliphatic rings. The van der Waals surface area contributed by atoms with Crippen molar-refractivity contribution in [2.24, 2.45) is 5.92 Å². The normalized spacial score (nSPS) is 16.9. The highest BCUT2D eigenvalue weighted by Crippen LogP contribution is 2.48. The third kappa shape index (κ3) is 4.43. The molecule has 5 rings (SSSR count). The maximum atomic E-state index is 14.8. The summed E-state index contributed by atoms with van der Waals surface area (Å²) >= 11 is 0. The molecule has 2 N–H and O–H groups in total. The molecule has 1 aliphatic carbocycles. The molecule has 33 heavy (non-hydrogen) atoms. The van der Waals surface area contributed by atoms with Crippen molar-refractivity contribution in [1.82, 2.24) is 15.3 Å². The van der Waals surface area contributed by atoms with E-state index in [0.717, 1.165) is 11.3 Å². The Bertz CT molecular complexity index is 1340. The number of anilines is 1. The van der Waals surface area contributed by atoms with Crippen molar-refractivity contribution in [1.29, 1.82) is 0 Å². The summed E-state index contributed by atoms with van der Waals surface area (Å²) < 4.78 is 14.8. The van der Waals surface area contributed by atoms with E-state index < -0.39 is 5.82 Å². The highest BCUT2D eigenvalue weighted by Gasteiger charge is 2.44. The minimum Gasteiger partial charge on any atom is -0.346 e. The molecule has 2 aromatic heterocycles. The lowest BCUT2D eigenvalue weighted by molar-refractivity contribution is -0.117. The van der Waals surface area contributed by atoms with Crippen LogP contribution in [0, 0.1) is 11.7 Å². The van der Waals surface area contributed by atoms with Crippen molar-refractivity contribution in [3.05, 3.63) is 102 Å². The monoisotopic (exact) mass is 440 g/mol. The van der Waals surface area contributed by atoms with E-state index in [9.17, 15) is 14.0 Å². The lowest BCUT2D eigenvalue weighted by Crippen LogP contribution is -2.23. The molecule has 7 heteroatoms. The minimum absolute atomic E-state index is 0.00116. The predicted molar refractivity (Wildman–Crippen MR) is 123 cm³/mol. The second kappa shape index (κ2) is 8.78. The zero-order valence-corrected chi connectivity index (χ0v) is 17.7. The molecule has 6 nitrogen and oxygen atoms in total. The molecule has 1 saturated carbocycles. The number of pyridine rings is 2. The fourth-order valence-electron chi connectivity index (χ4n) is 3.99. The van der Waals surface area contributed by atoms with E-state index in [-0.39, 0.29) is 29.3 Å². The van der Waals surface area contributed by atoms with E-state index in [1.54, 1.807) is 36.7 Å². The maximum absolute atomic E-state index is 14.8. The van der Waals surface area contributed by atoms with Crippen LogP contribution in [0.2, 0.25) is 0 Å². The summed E-state index contributed by atoms with van der Waals surface area (Å²) in [6.07, 6.45) is 5.44. The Hall–Kier alpha value is -4.13. The number of hydrogen-bond donors (Lipinski definition) is 2. The number of nitrogens with zero attached hydrogens (tertiary/aromatic N) is 2. The topological polar surface area (TPSA) is 84.0 Å². The summed E-state index contributed by atoms with van der Waals surface area (Å²) in [6, 6.07) is 17.7. The van der Waals surface area contributed by atoms with E-state index in [2.05, 4.69) is 20.6 Å². The number of amides is 2. The van der Waals surface area contributed by atoms with Gasteiger partial charge in [0.2, 0.25) is 5.91 Å². The van der Waals surface area contributed by atoms with Gasteiger partial charge in [-0.1, -0.05) is 24.3 Å². The van der Waals surface area contributed by atoms with Gasteiger partial charge in [0.05, 0.1) is 17.9 Å². The van der Waals surface area contributed by atoms with Crippen LogP contribution in [-0.2, 0) is 11.3 Å². The molecular weight excluding hydrogens is 419 g/mol. The number of nitrogens with one attached hydrogen (secondary N) is 2. The van der Waals surface area contributed by atoms with Crippen molar-refractivity contribution in [2.45, 2.75) is 18.9 Å². The van der Waals surface area contributed by atoms with Crippen LogP contribution < -0.4 is 10.6 Å². The van der Waals surface area contributed by atoms with E-state index in [4.69, 9.17) is 0 Å². The van der Waals surface area contributed by atoms with Crippen LogP contribution >= 0.6 is 0 Å². The van der Waals surface area contributed by atoms with Crippen molar-refractivity contribution < 1.29 is 14.0 Å². The average molecular weight is 440 g/mol. The number of hydrogen-bond acceptors (Lipinski definition) is 4. The quantitative estimate of drug-likeness (QED) is 0.464. The van der Waals surface area contributed by atoms with Crippen molar-refractivity contribution in [3.63, 3.8) is 0 Å². The molecule has 0 unspecified atom stereocenters. The largest absolute Gasteiger partial charge is 0.346 e. The van der Waals surface area contributed by atoms with Gasteiger partial charge in [-0.25, -0.2) is 4.39 Å². The van der Waals surface area contributed by atoms with Gasteiger partial charge in [-0.3, -0.25) is 19.6 Å². The Balaban J connectivity index is 1.23. The first kappa shape index (κ1) is 20.8. The summed E-state index contributed by atoms with van der Waals surface area (Å²) in [5.41, 5.74) is 2.39. The fourth-order valence-corrected chi connectivity index (χ4v) is 3.99. The van der Waals surface area contributed by atoms with Gasteiger partial charge in [0.25, 0.3) is 5.91 Å². The van der Waals surface area contributed by atoms with Crippen LogP contribution in [0.1, 0.15) is 34.0 Å². The fraction of sp³-hybridized carbons (Fsp3) is 0.154. The Morgan fingerprint density at radius 3 is 2.79 bits per heavy atom. The molecule has 2 heterocycles. The molecule has 2 atom stereocenters. The Morgan fingerprint density at radius 1 is 1.03 bits per heavy atom. The van der Waals surface area contributed by atoms with Gasteiger partial charge in [-0.05, 0) is 54.3 Å². The first-order valence-electron chi connectivity index (χ1n) is 10.7. The minimum atomic E-state index is -0.466. The van der Waals surface area contributed by atoms with E-state index in [1.807, 2.05) is 36.4 Å². The van der Waals surface area contributed by atoms with Crippen LogP contribution in [0.25, 0.3) is 10.8 Å². The lowest BCUT2D eigenvalue weighted by atomic mass is 10.0. The Labute approximate surface area is 189 Å². The first-order valence-corrected chi connectivity index (χ1v) is 10.7. The standard InChI is InChI=1S/C26H21FN4O2/c27-24-20-9-11-28-14-18(20)7-8-23(24)31-26(33)22-13-21(22)16-4-3-5-17(12-16)25(32)30-15-19-6-1-2-10-29-19/h1-12,14,21-22H,13,15H2,(H,30,32)(H,31,33)/t21-,22+/m0/s1. The predicted octanol–water partition coefficient (Wildman–Crippen LogP) is 4.44. The summed E-state index contributed by atoms with van der Waals surface area (Å²) in [6.45, 7) is 0.339. The number of carbonyl (C=O) groups is 2. The molecule has 4 aromatic rings. The second-order valence-corrected chi connectivity index (χ2v) is 8.09. The van der Waals surface area contributed by atoms with Gasteiger partial charge in [0.15, 0.2) is 5.82 Å². The van der Waals surface area contributed by atoms with Crippen LogP contribution in [0.3, 0.4) is 0 Å². The molecule has 0 spiro atoms. The third-order valence-electron chi connectivity index (χ3n) is 5.87. The zero-order chi connectivity index (χ0) is 22.8. The SMILES string of the molecule is O=C(NCc1ccccn1)c1cccc([C@@H]2C[C@H]2C(=O)Nc2ccc3cnccc3c2F)c1. The summed E-state index contributed by atoms with van der Waals surface area (Å²) in [4.78, 5) is 33.5. The molecule has 0 radical (unpaired) electrons. The van der Waals surface area contributed by atoms with Crippen LogP contribution in [0.5, 0.6) is 0 Å². The zero-order valence-electron chi connectivity index (χ0n) is 17.7. The number of carbonyl (C=O) groups excluding carboxylic acids is 2. The summed E-state index contributed by atoms with van der Waals surface area (Å²) in [5.74, 6) is -1.15. The van der Waals surface area contributed by atoms with Crippen LogP contribution in [-0.4, -0.2) is 21.8 Å². The van der Waals surface area contributed by atoms with Crippen LogP contribution in [0.4, 0.5) is 10.1 Å². The Morgan fingerprint density at radius 2 is 1.94 bits per heavy atom. The number of rotatable bonds is 6. The molecule has 1 fully saturated rings. The average Bonchev–Trinajstić information content (AvgIpc) is 3.66. The van der Waals surface area contributed by atoms with E-state index in [1.165, 1.54) is 6.20 Å². The summed E-state index contributed by atoms with van der Waals surface area (Å²) in [7, 11) is 0. The molecule has 0 bridgehead atoms. The van der Waals surface area contributed by atoms with Crippen LogP contribution in [0.15, 0.2) is 79.3 Å². The summed E-state index contributed by atoms with van der Waals surface area (Å²) in [5, 5.41) is 6.67. The highest BCUT2D eigenvalue weighted by atomic mass is 19.1. The van der Waals surface area contributed by atoms with Crippen molar-refractivity contribution in [2.75, 3.05) is 5.32 Å². The maximum Gasteiger partial charge on any atom is 0.251 e. The van der Waals surface area contributed by atoms with E-state index in [0.29, 0.717) is 29.3 Å². The van der Waals surface area contributed by atoms with Gasteiger partial charge in [0.1, 0.15) is 0 Å². The van der Waals surface area contributed by atoms with Gasteiger partial charge in [0, 0.05) is 40.8 Å². The van der Waals surface area contributed by atoms with Gasteiger partial charge >= 0.3 is 0 Å².